The van der Waals surface area contributed by atoms with Crippen LogP contribution in [-0.4, -0.2) is 58.0 Å². The van der Waals surface area contributed by atoms with Crippen molar-refractivity contribution in [1.82, 2.24) is 10.6 Å². The second kappa shape index (κ2) is 10.5. The van der Waals surface area contributed by atoms with Crippen molar-refractivity contribution in [3.63, 3.8) is 0 Å². The van der Waals surface area contributed by atoms with Crippen molar-refractivity contribution in [2.45, 2.75) is 45.6 Å². The number of hydrogen-bond donors (Lipinski definition) is 2. The monoisotopic (exact) mass is 408 g/mol. The molecule has 28 heavy (non-hydrogen) atoms. The number of carbonyl (C=O) groups is 1. The minimum absolute atomic E-state index is 0.00439. The van der Waals surface area contributed by atoms with Gasteiger partial charge in [-0.3, -0.25) is 9.79 Å². The molecule has 1 aliphatic rings. The van der Waals surface area contributed by atoms with E-state index in [1.54, 1.807) is 0 Å². The topological polar surface area (TPSA) is 90.9 Å². The van der Waals surface area contributed by atoms with E-state index in [9.17, 15) is 13.2 Å². The molecule has 0 radical (unpaired) electrons. The molecule has 1 unspecified atom stereocenters. The Kier molecular flexibility index (Phi) is 8.29. The molecule has 0 fully saturated rings. The number of nitrogens with one attached hydrogen (secondary N) is 2. The highest BCUT2D eigenvalue weighted by atomic mass is 32.2. The van der Waals surface area contributed by atoms with Gasteiger partial charge in [0.15, 0.2) is 5.96 Å². The van der Waals surface area contributed by atoms with Crippen LogP contribution >= 0.6 is 0 Å². The summed E-state index contributed by atoms with van der Waals surface area (Å²) in [4.78, 5) is 18.9. The molecule has 0 saturated heterocycles. The van der Waals surface area contributed by atoms with E-state index in [1.807, 2.05) is 36.9 Å². The van der Waals surface area contributed by atoms with Crippen molar-refractivity contribution >= 4 is 27.4 Å². The van der Waals surface area contributed by atoms with Gasteiger partial charge in [-0.25, -0.2) is 8.42 Å². The van der Waals surface area contributed by atoms with E-state index in [-0.39, 0.29) is 17.7 Å². The van der Waals surface area contributed by atoms with Crippen LogP contribution in [0.3, 0.4) is 0 Å². The number of guanidine groups is 1. The molecular formula is C20H32N4O3S. The molecule has 1 aromatic rings. The summed E-state index contributed by atoms with van der Waals surface area (Å²) in [6, 6.07) is 8.05. The van der Waals surface area contributed by atoms with Crippen molar-refractivity contribution in [3.05, 3.63) is 29.8 Å². The molecule has 1 amide bonds. The first-order chi connectivity index (χ1) is 13.3. The molecule has 156 valence electrons. The van der Waals surface area contributed by atoms with Crippen molar-refractivity contribution < 1.29 is 13.2 Å². The average molecular weight is 409 g/mol. The van der Waals surface area contributed by atoms with Gasteiger partial charge in [0, 0.05) is 44.0 Å². The van der Waals surface area contributed by atoms with E-state index in [0.29, 0.717) is 38.3 Å². The molecule has 7 nitrogen and oxygen atoms in total. The van der Waals surface area contributed by atoms with Crippen LogP contribution in [-0.2, 0) is 21.1 Å². The zero-order valence-corrected chi connectivity index (χ0v) is 17.9. The Morgan fingerprint density at radius 1 is 1.32 bits per heavy atom. The fraction of sp³-hybridized carbons (Fsp3) is 0.600. The van der Waals surface area contributed by atoms with Crippen molar-refractivity contribution in [2.24, 2.45) is 4.99 Å². The highest BCUT2D eigenvalue weighted by Crippen LogP contribution is 2.27. The summed E-state index contributed by atoms with van der Waals surface area (Å²) in [7, 11) is -2.97. The second-order valence-corrected chi connectivity index (χ2v) is 9.51. The number of sulfone groups is 1. The minimum Gasteiger partial charge on any atom is -0.357 e. The van der Waals surface area contributed by atoms with Gasteiger partial charge < -0.3 is 15.5 Å². The highest BCUT2D eigenvalue weighted by molar-refractivity contribution is 7.90. The maximum Gasteiger partial charge on any atom is 0.227 e. The Labute approximate surface area is 168 Å². The molecule has 0 spiro atoms. The Hall–Kier alpha value is -2.09. The molecule has 2 rings (SSSR count). The largest absolute Gasteiger partial charge is 0.357 e. The van der Waals surface area contributed by atoms with Crippen LogP contribution in [0.2, 0.25) is 0 Å². The molecular weight excluding hydrogens is 376 g/mol. The standard InChI is InChI=1S/C20H32N4O3S/c1-4-21-20(23-16(2)12-15-28(3,26)27)22-13-7-10-19(25)24-14-11-17-8-5-6-9-18(17)24/h5-6,8-9,16H,4,7,10-15H2,1-3H3,(H2,21,22,23). The summed E-state index contributed by atoms with van der Waals surface area (Å²) in [6.45, 7) is 5.92. The van der Waals surface area contributed by atoms with Gasteiger partial charge >= 0.3 is 0 Å². The molecule has 0 bridgehead atoms. The van der Waals surface area contributed by atoms with Gasteiger partial charge in [-0.15, -0.1) is 0 Å². The maximum atomic E-state index is 12.5. The average Bonchev–Trinajstić information content (AvgIpc) is 3.07. The Bertz CT molecular complexity index is 792. The smallest absolute Gasteiger partial charge is 0.227 e. The van der Waals surface area contributed by atoms with Crippen LogP contribution in [0.1, 0.15) is 38.7 Å². The third-order valence-corrected chi connectivity index (χ3v) is 5.63. The molecule has 1 heterocycles. The fourth-order valence-corrected chi connectivity index (χ4v) is 3.95. The van der Waals surface area contributed by atoms with E-state index in [4.69, 9.17) is 0 Å². The first-order valence-corrected chi connectivity index (χ1v) is 12.0. The van der Waals surface area contributed by atoms with Gasteiger partial charge in [-0.05, 0) is 44.7 Å². The van der Waals surface area contributed by atoms with Gasteiger partial charge in [0.25, 0.3) is 0 Å². The fourth-order valence-electron chi connectivity index (χ4n) is 3.17. The number of para-hydroxylation sites is 1. The molecule has 0 aliphatic carbocycles. The van der Waals surface area contributed by atoms with Gasteiger partial charge in [0.1, 0.15) is 9.84 Å². The van der Waals surface area contributed by atoms with Crippen LogP contribution in [0, 0.1) is 0 Å². The van der Waals surface area contributed by atoms with E-state index >= 15 is 0 Å². The summed E-state index contributed by atoms with van der Waals surface area (Å²) in [5, 5.41) is 6.39. The lowest BCUT2D eigenvalue weighted by atomic mass is 10.2. The summed E-state index contributed by atoms with van der Waals surface area (Å²) in [5.74, 6) is 0.939. The van der Waals surface area contributed by atoms with Gasteiger partial charge in [0.2, 0.25) is 5.91 Å². The van der Waals surface area contributed by atoms with Crippen molar-refractivity contribution in [3.8, 4) is 0 Å². The number of benzene rings is 1. The van der Waals surface area contributed by atoms with Crippen LogP contribution in [0.15, 0.2) is 29.3 Å². The molecule has 2 N–H and O–H groups in total. The number of amides is 1. The Balaban J connectivity index is 1.79. The number of nitrogens with zero attached hydrogens (tertiary/aromatic N) is 2. The molecule has 0 aromatic heterocycles. The van der Waals surface area contributed by atoms with E-state index in [1.165, 1.54) is 11.8 Å². The zero-order chi connectivity index (χ0) is 20.6. The van der Waals surface area contributed by atoms with E-state index < -0.39 is 9.84 Å². The lowest BCUT2D eigenvalue weighted by molar-refractivity contribution is -0.118. The second-order valence-electron chi connectivity index (χ2n) is 7.25. The Morgan fingerprint density at radius 2 is 2.07 bits per heavy atom. The third kappa shape index (κ3) is 7.14. The number of anilines is 1. The first-order valence-electron chi connectivity index (χ1n) is 9.91. The third-order valence-electron chi connectivity index (χ3n) is 4.66. The van der Waals surface area contributed by atoms with E-state index in [0.717, 1.165) is 18.7 Å². The Morgan fingerprint density at radius 3 is 2.79 bits per heavy atom. The van der Waals surface area contributed by atoms with E-state index in [2.05, 4.69) is 21.7 Å². The van der Waals surface area contributed by atoms with Crippen LogP contribution < -0.4 is 15.5 Å². The van der Waals surface area contributed by atoms with Crippen molar-refractivity contribution in [1.29, 1.82) is 0 Å². The van der Waals surface area contributed by atoms with Crippen LogP contribution in [0.25, 0.3) is 0 Å². The van der Waals surface area contributed by atoms with Crippen molar-refractivity contribution in [2.75, 3.05) is 36.5 Å². The highest BCUT2D eigenvalue weighted by Gasteiger charge is 2.23. The quantitative estimate of drug-likeness (QED) is 0.369. The van der Waals surface area contributed by atoms with Gasteiger partial charge in [-0.1, -0.05) is 18.2 Å². The lowest BCUT2D eigenvalue weighted by Gasteiger charge is -2.18. The van der Waals surface area contributed by atoms with Crippen LogP contribution in [0.5, 0.6) is 0 Å². The predicted molar refractivity (Wildman–Crippen MR) is 115 cm³/mol. The number of fused-ring (bicyclic) bond motifs is 1. The number of aliphatic imine (C=N–C) groups is 1. The molecule has 1 aliphatic heterocycles. The number of rotatable bonds is 9. The SMILES string of the molecule is CCNC(=NCCCC(=O)N1CCc2ccccc21)NC(C)CCS(C)(=O)=O. The predicted octanol–water partition coefficient (Wildman–Crippen LogP) is 1.73. The summed E-state index contributed by atoms with van der Waals surface area (Å²) < 4.78 is 22.6. The summed E-state index contributed by atoms with van der Waals surface area (Å²) in [5.41, 5.74) is 2.27. The first kappa shape index (κ1) is 22.2. The molecule has 0 saturated carbocycles. The summed E-state index contributed by atoms with van der Waals surface area (Å²) in [6.07, 6.45) is 3.82. The molecule has 8 heteroatoms. The van der Waals surface area contributed by atoms with Gasteiger partial charge in [0.05, 0.1) is 5.75 Å². The normalized spacial score (nSPS) is 15.2. The van der Waals surface area contributed by atoms with Gasteiger partial charge in [-0.2, -0.15) is 0 Å². The minimum atomic E-state index is -2.97. The molecule has 1 atom stereocenters. The lowest BCUT2D eigenvalue weighted by Crippen LogP contribution is -2.43. The maximum absolute atomic E-state index is 12.5. The summed E-state index contributed by atoms with van der Waals surface area (Å²) >= 11 is 0. The molecule has 1 aromatic carbocycles. The van der Waals surface area contributed by atoms with Crippen LogP contribution in [0.4, 0.5) is 5.69 Å². The number of hydrogen-bond acceptors (Lipinski definition) is 4. The number of carbonyl (C=O) groups excluding carboxylic acids is 1. The zero-order valence-electron chi connectivity index (χ0n) is 17.1.